The van der Waals surface area contributed by atoms with E-state index >= 15 is 0 Å². The summed E-state index contributed by atoms with van der Waals surface area (Å²) in [6.07, 6.45) is 6.82. The van der Waals surface area contributed by atoms with Crippen LogP contribution in [0.5, 0.6) is 0 Å². The lowest BCUT2D eigenvalue weighted by molar-refractivity contribution is -0.108. The average Bonchev–Trinajstić information content (AvgIpc) is 1.93. The third kappa shape index (κ3) is 3.51. The van der Waals surface area contributed by atoms with Crippen LogP contribution in [-0.2, 0) is 9.53 Å². The number of hydrogen-bond donors (Lipinski definition) is 0. The monoisotopic (exact) mass is 156 g/mol. The molecule has 2 nitrogen and oxygen atoms in total. The Labute approximate surface area is 67.9 Å². The van der Waals surface area contributed by atoms with Crippen LogP contribution < -0.4 is 0 Å². The summed E-state index contributed by atoms with van der Waals surface area (Å²) < 4.78 is 5.25. The number of carbonyl (C=O) groups excluding carboxylic acids is 1. The normalized spacial score (nSPS) is 17.8. The molecular formula is C9H16O2. The van der Waals surface area contributed by atoms with Crippen LogP contribution in [0, 0.1) is 5.92 Å². The summed E-state index contributed by atoms with van der Waals surface area (Å²) in [7, 11) is 0. The molecule has 0 aromatic heterocycles. The van der Waals surface area contributed by atoms with E-state index < -0.39 is 0 Å². The van der Waals surface area contributed by atoms with Crippen LogP contribution in [0.3, 0.4) is 0 Å². The first-order valence-corrected chi connectivity index (χ1v) is 4.45. The minimum Gasteiger partial charge on any atom is -0.381 e. The van der Waals surface area contributed by atoms with Crippen LogP contribution in [-0.4, -0.2) is 19.5 Å². The van der Waals surface area contributed by atoms with Gasteiger partial charge in [-0.25, -0.2) is 0 Å². The molecule has 11 heavy (non-hydrogen) atoms. The van der Waals surface area contributed by atoms with E-state index in [2.05, 4.69) is 0 Å². The summed E-state index contributed by atoms with van der Waals surface area (Å²) in [5, 5.41) is 0. The van der Waals surface area contributed by atoms with Gasteiger partial charge < -0.3 is 9.53 Å². The Morgan fingerprint density at radius 1 is 1.36 bits per heavy atom. The predicted molar refractivity (Wildman–Crippen MR) is 43.5 cm³/mol. The van der Waals surface area contributed by atoms with Gasteiger partial charge in [0.2, 0.25) is 0 Å². The zero-order valence-electron chi connectivity index (χ0n) is 6.92. The maximum atomic E-state index is 9.89. The quantitative estimate of drug-likeness (QED) is 0.433. The fourth-order valence-corrected chi connectivity index (χ4v) is 1.26. The molecule has 1 aliphatic rings. The van der Waals surface area contributed by atoms with Crippen LogP contribution in [0.15, 0.2) is 0 Å². The van der Waals surface area contributed by atoms with Crippen LogP contribution in [0.25, 0.3) is 0 Å². The Morgan fingerprint density at radius 3 is 2.73 bits per heavy atom. The van der Waals surface area contributed by atoms with E-state index in [-0.39, 0.29) is 0 Å². The highest BCUT2D eigenvalue weighted by Crippen LogP contribution is 2.28. The molecular weight excluding hydrogens is 140 g/mol. The van der Waals surface area contributed by atoms with E-state index in [1.165, 1.54) is 25.7 Å². The Hall–Kier alpha value is -0.370. The Balaban J connectivity index is 1.76. The highest BCUT2D eigenvalue weighted by Gasteiger charge is 2.16. The van der Waals surface area contributed by atoms with E-state index in [1.807, 2.05) is 0 Å². The van der Waals surface area contributed by atoms with Crippen molar-refractivity contribution in [3.8, 4) is 0 Å². The highest BCUT2D eigenvalue weighted by atomic mass is 16.5. The minimum absolute atomic E-state index is 0.546. The van der Waals surface area contributed by atoms with Gasteiger partial charge in [-0.1, -0.05) is 19.3 Å². The number of hydrogen-bond acceptors (Lipinski definition) is 2. The molecule has 0 spiro atoms. The fraction of sp³-hybridized carbons (Fsp3) is 0.889. The number of carbonyl (C=O) groups is 1. The molecule has 0 bridgehead atoms. The maximum absolute atomic E-state index is 9.89. The second-order valence-corrected chi connectivity index (χ2v) is 3.15. The van der Waals surface area contributed by atoms with Crippen molar-refractivity contribution in [2.45, 2.75) is 32.1 Å². The summed E-state index contributed by atoms with van der Waals surface area (Å²) in [6.45, 7) is 1.45. The molecule has 2 heteroatoms. The molecule has 0 radical (unpaired) electrons. The van der Waals surface area contributed by atoms with E-state index in [9.17, 15) is 4.79 Å². The largest absolute Gasteiger partial charge is 0.381 e. The van der Waals surface area contributed by atoms with Crippen LogP contribution in [0.1, 0.15) is 32.1 Å². The Kier molecular flexibility index (Phi) is 4.21. The topological polar surface area (TPSA) is 26.3 Å². The van der Waals surface area contributed by atoms with Crippen molar-refractivity contribution in [2.24, 2.45) is 5.92 Å². The van der Waals surface area contributed by atoms with Gasteiger partial charge in [-0.3, -0.25) is 0 Å². The van der Waals surface area contributed by atoms with E-state index in [0.717, 1.165) is 18.8 Å². The molecule has 0 unspecified atom stereocenters. The van der Waals surface area contributed by atoms with E-state index in [0.29, 0.717) is 13.0 Å². The van der Waals surface area contributed by atoms with E-state index in [1.54, 1.807) is 0 Å². The van der Waals surface area contributed by atoms with Crippen molar-refractivity contribution in [3.63, 3.8) is 0 Å². The first-order valence-electron chi connectivity index (χ1n) is 4.45. The summed E-state index contributed by atoms with van der Waals surface area (Å²) in [6, 6.07) is 0. The molecule has 0 aromatic rings. The van der Waals surface area contributed by atoms with Crippen molar-refractivity contribution < 1.29 is 9.53 Å². The van der Waals surface area contributed by atoms with Gasteiger partial charge in [0.1, 0.15) is 6.29 Å². The third-order valence-corrected chi connectivity index (χ3v) is 2.28. The van der Waals surface area contributed by atoms with E-state index in [4.69, 9.17) is 4.74 Å². The van der Waals surface area contributed by atoms with Gasteiger partial charge >= 0.3 is 0 Å². The summed E-state index contributed by atoms with van der Waals surface area (Å²) >= 11 is 0. The van der Waals surface area contributed by atoms with Crippen molar-refractivity contribution in [1.82, 2.24) is 0 Å². The first-order chi connectivity index (χ1) is 5.43. The number of ether oxygens (including phenoxy) is 1. The van der Waals surface area contributed by atoms with Crippen LogP contribution >= 0.6 is 0 Å². The molecule has 0 amide bonds. The smallest absolute Gasteiger partial charge is 0.122 e. The molecule has 0 heterocycles. The summed E-state index contributed by atoms with van der Waals surface area (Å²) in [4.78, 5) is 9.89. The second kappa shape index (κ2) is 5.30. The van der Waals surface area contributed by atoms with Gasteiger partial charge in [0.05, 0.1) is 6.61 Å². The molecule has 1 aliphatic carbocycles. The van der Waals surface area contributed by atoms with Crippen LogP contribution in [0.2, 0.25) is 0 Å². The molecule has 0 atom stereocenters. The predicted octanol–water partition coefficient (Wildman–Crippen LogP) is 1.78. The Bertz CT molecular complexity index is 108. The van der Waals surface area contributed by atoms with Crippen LogP contribution in [0.4, 0.5) is 0 Å². The maximum Gasteiger partial charge on any atom is 0.122 e. The van der Waals surface area contributed by atoms with Gasteiger partial charge in [-0.2, -0.15) is 0 Å². The van der Waals surface area contributed by atoms with Crippen molar-refractivity contribution in [3.05, 3.63) is 0 Å². The van der Waals surface area contributed by atoms with Crippen molar-refractivity contribution >= 4 is 6.29 Å². The average molecular weight is 156 g/mol. The highest BCUT2D eigenvalue weighted by molar-refractivity contribution is 5.49. The second-order valence-electron chi connectivity index (χ2n) is 3.15. The zero-order valence-corrected chi connectivity index (χ0v) is 6.92. The van der Waals surface area contributed by atoms with Gasteiger partial charge in [-0.15, -0.1) is 0 Å². The number of aldehydes is 1. The van der Waals surface area contributed by atoms with Gasteiger partial charge in [0.15, 0.2) is 0 Å². The fourth-order valence-electron chi connectivity index (χ4n) is 1.26. The zero-order chi connectivity index (χ0) is 7.94. The molecule has 1 saturated carbocycles. The SMILES string of the molecule is O=CCCOCCC1CCC1. The van der Waals surface area contributed by atoms with Gasteiger partial charge in [0.25, 0.3) is 0 Å². The molecule has 1 fully saturated rings. The lowest BCUT2D eigenvalue weighted by atomic mass is 9.83. The van der Waals surface area contributed by atoms with Crippen molar-refractivity contribution in [1.29, 1.82) is 0 Å². The lowest BCUT2D eigenvalue weighted by Crippen LogP contribution is -2.13. The Morgan fingerprint density at radius 2 is 2.18 bits per heavy atom. The third-order valence-electron chi connectivity index (χ3n) is 2.28. The molecule has 64 valence electrons. The lowest BCUT2D eigenvalue weighted by Gasteiger charge is -2.24. The number of rotatable bonds is 6. The van der Waals surface area contributed by atoms with Gasteiger partial charge in [0, 0.05) is 13.0 Å². The molecule has 0 N–H and O–H groups in total. The van der Waals surface area contributed by atoms with Gasteiger partial charge in [-0.05, 0) is 12.3 Å². The molecule has 1 rings (SSSR count). The minimum atomic E-state index is 0.546. The first kappa shape index (κ1) is 8.72. The molecule has 0 aromatic carbocycles. The molecule has 0 saturated heterocycles. The standard InChI is InChI=1S/C9H16O2/c10-6-2-7-11-8-5-9-3-1-4-9/h6,9H,1-5,7-8H2. The van der Waals surface area contributed by atoms with Crippen molar-refractivity contribution in [2.75, 3.05) is 13.2 Å². The molecule has 0 aliphatic heterocycles. The summed E-state index contributed by atoms with van der Waals surface area (Å²) in [5.74, 6) is 0.922. The summed E-state index contributed by atoms with van der Waals surface area (Å²) in [5.41, 5.74) is 0.